The lowest BCUT2D eigenvalue weighted by Gasteiger charge is -2.13. The summed E-state index contributed by atoms with van der Waals surface area (Å²) in [5.74, 6) is -1.26. The predicted molar refractivity (Wildman–Crippen MR) is 63.6 cm³/mol. The van der Waals surface area contributed by atoms with Gasteiger partial charge in [-0.15, -0.1) is 0 Å². The zero-order valence-electron chi connectivity index (χ0n) is 10.3. The van der Waals surface area contributed by atoms with Gasteiger partial charge in [-0.3, -0.25) is 4.79 Å². The van der Waals surface area contributed by atoms with E-state index in [0.717, 1.165) is 19.3 Å². The summed E-state index contributed by atoms with van der Waals surface area (Å²) in [5.41, 5.74) is 5.33. The van der Waals surface area contributed by atoms with Crippen LogP contribution in [0.3, 0.4) is 0 Å². The van der Waals surface area contributed by atoms with Gasteiger partial charge in [0.1, 0.15) is 6.04 Å². The number of unbranched alkanes of at least 4 members (excludes halogenated alkanes) is 2. The van der Waals surface area contributed by atoms with E-state index in [1.54, 1.807) is 0 Å². The summed E-state index contributed by atoms with van der Waals surface area (Å²) in [4.78, 5) is 22.3. The van der Waals surface area contributed by atoms with E-state index >= 15 is 0 Å². The van der Waals surface area contributed by atoms with Crippen LogP contribution < -0.4 is 11.1 Å². The quantitative estimate of drug-likeness (QED) is 0.475. The Morgan fingerprint density at radius 1 is 1.35 bits per heavy atom. The molecule has 6 nitrogen and oxygen atoms in total. The molecule has 0 saturated heterocycles. The fourth-order valence-corrected chi connectivity index (χ4v) is 1.37. The van der Waals surface area contributed by atoms with Crippen molar-refractivity contribution in [2.45, 2.75) is 38.1 Å². The van der Waals surface area contributed by atoms with Crippen LogP contribution in [-0.2, 0) is 14.3 Å². The minimum Gasteiger partial charge on any atom is -0.480 e. The molecule has 0 saturated carbocycles. The second-order valence-electron chi connectivity index (χ2n) is 3.84. The van der Waals surface area contributed by atoms with Crippen LogP contribution in [0.2, 0.25) is 0 Å². The molecule has 0 aromatic carbocycles. The highest BCUT2D eigenvalue weighted by molar-refractivity contribution is 5.83. The number of ether oxygens (including phenoxy) is 1. The molecule has 0 spiro atoms. The predicted octanol–water partition coefficient (Wildman–Crippen LogP) is 0.111. The summed E-state index contributed by atoms with van der Waals surface area (Å²) in [6.45, 7) is 0.928. The largest absolute Gasteiger partial charge is 0.480 e. The number of rotatable bonds is 10. The van der Waals surface area contributed by atoms with E-state index in [-0.39, 0.29) is 12.3 Å². The Balaban J connectivity index is 3.83. The van der Waals surface area contributed by atoms with Crippen LogP contribution in [0, 0.1) is 0 Å². The normalized spacial score (nSPS) is 12.1. The number of carboxylic acids is 1. The molecule has 100 valence electrons. The minimum absolute atomic E-state index is 0.231. The average molecular weight is 246 g/mol. The molecule has 4 N–H and O–H groups in total. The fourth-order valence-electron chi connectivity index (χ4n) is 1.37. The van der Waals surface area contributed by atoms with Gasteiger partial charge in [0, 0.05) is 26.6 Å². The summed E-state index contributed by atoms with van der Waals surface area (Å²) in [5, 5.41) is 11.4. The maximum absolute atomic E-state index is 11.4. The van der Waals surface area contributed by atoms with Crippen LogP contribution in [0.1, 0.15) is 32.1 Å². The first kappa shape index (κ1) is 15.9. The van der Waals surface area contributed by atoms with Crippen molar-refractivity contribution >= 4 is 11.9 Å². The zero-order chi connectivity index (χ0) is 13.1. The number of carbonyl (C=O) groups excluding carboxylic acids is 1. The van der Waals surface area contributed by atoms with Crippen molar-refractivity contribution in [1.82, 2.24) is 5.32 Å². The van der Waals surface area contributed by atoms with Crippen molar-refractivity contribution in [2.75, 3.05) is 20.3 Å². The lowest BCUT2D eigenvalue weighted by atomic mass is 10.1. The molecule has 0 aliphatic carbocycles. The summed E-state index contributed by atoms with van der Waals surface area (Å²) in [6, 6.07) is -0.864. The smallest absolute Gasteiger partial charge is 0.326 e. The van der Waals surface area contributed by atoms with Crippen molar-refractivity contribution in [2.24, 2.45) is 5.73 Å². The van der Waals surface area contributed by atoms with Crippen molar-refractivity contribution in [1.29, 1.82) is 0 Å². The lowest BCUT2D eigenvalue weighted by Crippen LogP contribution is -2.41. The highest BCUT2D eigenvalue weighted by atomic mass is 16.5. The fraction of sp³-hybridized carbons (Fsp3) is 0.818. The van der Waals surface area contributed by atoms with E-state index < -0.39 is 12.0 Å². The number of carboxylic acid groups (broad SMARTS) is 1. The molecule has 0 aliphatic heterocycles. The molecule has 1 unspecified atom stereocenters. The molecule has 17 heavy (non-hydrogen) atoms. The SMILES string of the molecule is COCCC(NC(=O)CCCCCN)C(=O)O. The van der Waals surface area contributed by atoms with E-state index in [1.165, 1.54) is 7.11 Å². The molecule has 0 radical (unpaired) electrons. The maximum Gasteiger partial charge on any atom is 0.326 e. The third-order valence-corrected chi connectivity index (χ3v) is 2.35. The second kappa shape index (κ2) is 10.0. The van der Waals surface area contributed by atoms with Crippen molar-refractivity contribution in [3.05, 3.63) is 0 Å². The molecule has 0 aromatic heterocycles. The molecule has 0 heterocycles. The molecular formula is C11H22N2O4. The zero-order valence-corrected chi connectivity index (χ0v) is 10.3. The third kappa shape index (κ3) is 8.65. The van der Waals surface area contributed by atoms with Gasteiger partial charge in [0.15, 0.2) is 0 Å². The van der Waals surface area contributed by atoms with Gasteiger partial charge in [-0.2, -0.15) is 0 Å². The van der Waals surface area contributed by atoms with Gasteiger partial charge >= 0.3 is 5.97 Å². The Kier molecular flexibility index (Phi) is 9.37. The molecule has 0 bridgehead atoms. The third-order valence-electron chi connectivity index (χ3n) is 2.35. The van der Waals surface area contributed by atoms with E-state index in [2.05, 4.69) is 5.32 Å². The molecule has 0 rings (SSSR count). The highest BCUT2D eigenvalue weighted by Crippen LogP contribution is 2.00. The first-order valence-corrected chi connectivity index (χ1v) is 5.83. The van der Waals surface area contributed by atoms with Gasteiger partial charge in [-0.05, 0) is 19.4 Å². The first-order chi connectivity index (χ1) is 8.11. The Morgan fingerprint density at radius 3 is 2.59 bits per heavy atom. The number of nitrogens with one attached hydrogen (secondary N) is 1. The first-order valence-electron chi connectivity index (χ1n) is 5.83. The van der Waals surface area contributed by atoms with E-state index in [4.69, 9.17) is 15.6 Å². The Morgan fingerprint density at radius 2 is 2.06 bits per heavy atom. The Labute approximate surface area is 102 Å². The van der Waals surface area contributed by atoms with Crippen molar-refractivity contribution < 1.29 is 19.4 Å². The van der Waals surface area contributed by atoms with Gasteiger partial charge in [0.25, 0.3) is 0 Å². The van der Waals surface area contributed by atoms with E-state index in [1.807, 2.05) is 0 Å². The molecule has 1 amide bonds. The van der Waals surface area contributed by atoms with Gasteiger partial charge in [-0.1, -0.05) is 6.42 Å². The number of aliphatic carboxylic acids is 1. The molecule has 6 heteroatoms. The number of carbonyl (C=O) groups is 2. The summed E-state index contributed by atoms with van der Waals surface area (Å²) in [7, 11) is 1.49. The van der Waals surface area contributed by atoms with Crippen LogP contribution >= 0.6 is 0 Å². The molecule has 0 fully saturated rings. The van der Waals surface area contributed by atoms with Crippen LogP contribution in [0.15, 0.2) is 0 Å². The molecule has 0 aromatic rings. The topological polar surface area (TPSA) is 102 Å². The highest BCUT2D eigenvalue weighted by Gasteiger charge is 2.18. The van der Waals surface area contributed by atoms with Gasteiger partial charge in [0.05, 0.1) is 0 Å². The van der Waals surface area contributed by atoms with Crippen LogP contribution in [0.4, 0.5) is 0 Å². The number of hydrogen-bond donors (Lipinski definition) is 3. The summed E-state index contributed by atoms with van der Waals surface area (Å²) >= 11 is 0. The Hall–Kier alpha value is -1.14. The summed E-state index contributed by atoms with van der Waals surface area (Å²) < 4.78 is 4.79. The van der Waals surface area contributed by atoms with Crippen LogP contribution in [0.25, 0.3) is 0 Å². The molecular weight excluding hydrogens is 224 g/mol. The minimum atomic E-state index is -1.03. The van der Waals surface area contributed by atoms with Gasteiger partial charge in [0.2, 0.25) is 5.91 Å². The van der Waals surface area contributed by atoms with E-state index in [9.17, 15) is 9.59 Å². The lowest BCUT2D eigenvalue weighted by molar-refractivity contribution is -0.142. The second-order valence-corrected chi connectivity index (χ2v) is 3.84. The number of amides is 1. The van der Waals surface area contributed by atoms with Gasteiger partial charge in [-0.25, -0.2) is 4.79 Å². The van der Waals surface area contributed by atoms with Crippen molar-refractivity contribution in [3.63, 3.8) is 0 Å². The Bertz CT molecular complexity index is 234. The molecule has 1 atom stereocenters. The number of hydrogen-bond acceptors (Lipinski definition) is 4. The van der Waals surface area contributed by atoms with Gasteiger partial charge < -0.3 is 20.9 Å². The van der Waals surface area contributed by atoms with Crippen molar-refractivity contribution in [3.8, 4) is 0 Å². The molecule has 0 aliphatic rings. The maximum atomic E-state index is 11.4. The van der Waals surface area contributed by atoms with Crippen LogP contribution in [0.5, 0.6) is 0 Å². The average Bonchev–Trinajstić information content (AvgIpc) is 2.29. The standard InChI is InChI=1S/C11H22N2O4/c1-17-8-6-9(11(15)16)13-10(14)5-3-2-4-7-12/h9H,2-8,12H2,1H3,(H,13,14)(H,15,16). The summed E-state index contributed by atoms with van der Waals surface area (Å²) in [6.07, 6.45) is 3.13. The monoisotopic (exact) mass is 246 g/mol. The number of methoxy groups -OCH3 is 1. The van der Waals surface area contributed by atoms with E-state index in [0.29, 0.717) is 19.6 Å². The number of nitrogens with two attached hydrogens (primary N) is 1. The van der Waals surface area contributed by atoms with Crippen LogP contribution in [-0.4, -0.2) is 43.3 Å².